The lowest BCUT2D eigenvalue weighted by Crippen LogP contribution is -1.98. The number of nitrogens with zero attached hydrogens (tertiary/aromatic N) is 2. The Bertz CT molecular complexity index is 819. The third-order valence-electron chi connectivity index (χ3n) is 2.95. The Morgan fingerprint density at radius 1 is 1.24 bits per heavy atom. The second-order valence-electron chi connectivity index (χ2n) is 4.38. The molecular formula is C14H10Cl2FN3S. The molecule has 0 saturated heterocycles. The minimum absolute atomic E-state index is 0.122. The molecule has 0 aliphatic rings. The molecule has 2 heterocycles. The molecule has 0 amide bonds. The summed E-state index contributed by atoms with van der Waals surface area (Å²) >= 11 is 13.4. The highest BCUT2D eigenvalue weighted by molar-refractivity contribution is 7.18. The van der Waals surface area contributed by atoms with Gasteiger partial charge in [0.25, 0.3) is 0 Å². The van der Waals surface area contributed by atoms with Gasteiger partial charge in [0.05, 0.1) is 11.1 Å². The van der Waals surface area contributed by atoms with Gasteiger partial charge in [0.15, 0.2) is 0 Å². The van der Waals surface area contributed by atoms with Gasteiger partial charge in [-0.3, -0.25) is 0 Å². The number of nitrogens with one attached hydrogen (secondary N) is 1. The molecule has 0 aliphatic carbocycles. The summed E-state index contributed by atoms with van der Waals surface area (Å²) < 4.78 is 13.8. The van der Waals surface area contributed by atoms with Crippen molar-refractivity contribution in [2.75, 3.05) is 5.32 Å². The first-order chi connectivity index (χ1) is 10.1. The van der Waals surface area contributed by atoms with Gasteiger partial charge in [-0.2, -0.15) is 4.98 Å². The van der Waals surface area contributed by atoms with Crippen LogP contribution >= 0.6 is 34.5 Å². The summed E-state index contributed by atoms with van der Waals surface area (Å²) in [5, 5.41) is 4.33. The van der Waals surface area contributed by atoms with E-state index in [9.17, 15) is 4.39 Å². The number of thiophene rings is 1. The number of anilines is 2. The van der Waals surface area contributed by atoms with Crippen molar-refractivity contribution < 1.29 is 4.39 Å². The second kappa shape index (κ2) is 5.75. The molecule has 0 fully saturated rings. The lowest BCUT2D eigenvalue weighted by Gasteiger charge is -2.08. The molecule has 0 aliphatic heterocycles. The number of rotatable bonds is 3. The maximum Gasteiger partial charge on any atom is 0.225 e. The average molecular weight is 342 g/mol. The Morgan fingerprint density at radius 2 is 2.05 bits per heavy atom. The molecule has 0 radical (unpaired) electrons. The first kappa shape index (κ1) is 14.5. The number of hydrogen-bond acceptors (Lipinski definition) is 4. The first-order valence-electron chi connectivity index (χ1n) is 6.25. The van der Waals surface area contributed by atoms with E-state index in [1.165, 1.54) is 18.2 Å². The largest absolute Gasteiger partial charge is 0.337 e. The average Bonchev–Trinajstić information content (AvgIpc) is 2.86. The van der Waals surface area contributed by atoms with Crippen molar-refractivity contribution in [3.05, 3.63) is 45.3 Å². The van der Waals surface area contributed by atoms with Gasteiger partial charge in [0.1, 0.15) is 16.5 Å². The maximum absolute atomic E-state index is 13.8. The fourth-order valence-electron chi connectivity index (χ4n) is 1.94. The molecule has 0 saturated carbocycles. The van der Waals surface area contributed by atoms with Crippen LogP contribution in [0, 0.1) is 5.82 Å². The number of halogens is 3. The van der Waals surface area contributed by atoms with Gasteiger partial charge in [0, 0.05) is 9.90 Å². The van der Waals surface area contributed by atoms with E-state index in [4.69, 9.17) is 23.2 Å². The van der Waals surface area contributed by atoms with Crippen LogP contribution in [0.15, 0.2) is 24.3 Å². The minimum atomic E-state index is -0.409. The van der Waals surface area contributed by atoms with Gasteiger partial charge < -0.3 is 5.32 Å². The van der Waals surface area contributed by atoms with Gasteiger partial charge in [0.2, 0.25) is 5.28 Å². The number of aromatic nitrogens is 2. The first-order valence-corrected chi connectivity index (χ1v) is 7.82. The third kappa shape index (κ3) is 2.95. The summed E-state index contributed by atoms with van der Waals surface area (Å²) in [5.41, 5.74) is 0.253. The van der Waals surface area contributed by atoms with E-state index in [-0.39, 0.29) is 11.0 Å². The molecule has 3 nitrogen and oxygen atoms in total. The van der Waals surface area contributed by atoms with E-state index in [0.29, 0.717) is 10.8 Å². The minimum Gasteiger partial charge on any atom is -0.337 e. The van der Waals surface area contributed by atoms with Gasteiger partial charge in [-0.25, -0.2) is 9.37 Å². The zero-order chi connectivity index (χ0) is 15.0. The summed E-state index contributed by atoms with van der Waals surface area (Å²) in [6.45, 7) is 2.06. The van der Waals surface area contributed by atoms with Crippen LogP contribution in [-0.2, 0) is 6.42 Å². The fourth-order valence-corrected chi connectivity index (χ4v) is 3.29. The predicted octanol–water partition coefficient (Wildman–Crippen LogP) is 5.44. The molecule has 21 heavy (non-hydrogen) atoms. The van der Waals surface area contributed by atoms with Crippen LogP contribution in [-0.4, -0.2) is 9.97 Å². The molecule has 0 atom stereocenters. The Morgan fingerprint density at radius 3 is 2.81 bits per heavy atom. The second-order valence-corrected chi connectivity index (χ2v) is 6.27. The summed E-state index contributed by atoms with van der Waals surface area (Å²) in [4.78, 5) is 10.3. The standard InChI is InChI=1S/C14H10Cl2FN3S/c1-2-8-6-9-12(19-14(16)20-13(9)21-8)18-11-5-7(15)3-4-10(11)17/h3-6H,2H2,1H3,(H,18,19,20). The van der Waals surface area contributed by atoms with Gasteiger partial charge in [-0.1, -0.05) is 18.5 Å². The number of benzene rings is 1. The summed E-state index contributed by atoms with van der Waals surface area (Å²) in [7, 11) is 0. The topological polar surface area (TPSA) is 37.8 Å². The van der Waals surface area contributed by atoms with Crippen LogP contribution in [0.5, 0.6) is 0 Å². The molecule has 0 spiro atoms. The van der Waals surface area contributed by atoms with Crippen LogP contribution in [0.3, 0.4) is 0 Å². The number of hydrogen-bond donors (Lipinski definition) is 1. The van der Waals surface area contributed by atoms with Gasteiger partial charge in [-0.05, 0) is 42.3 Å². The van der Waals surface area contributed by atoms with Crippen LogP contribution in [0.1, 0.15) is 11.8 Å². The Balaban J connectivity index is 2.11. The molecule has 1 aromatic carbocycles. The highest BCUT2D eigenvalue weighted by atomic mass is 35.5. The SMILES string of the molecule is CCc1cc2c(Nc3cc(Cl)ccc3F)nc(Cl)nc2s1. The summed E-state index contributed by atoms with van der Waals surface area (Å²) in [5.74, 6) is 0.0651. The Labute approximate surface area is 134 Å². The van der Waals surface area contributed by atoms with Crippen molar-refractivity contribution in [2.45, 2.75) is 13.3 Å². The van der Waals surface area contributed by atoms with Crippen LogP contribution in [0.25, 0.3) is 10.2 Å². The van der Waals surface area contributed by atoms with Crippen LogP contribution in [0.2, 0.25) is 10.3 Å². The summed E-state index contributed by atoms with van der Waals surface area (Å²) in [6.07, 6.45) is 0.892. The molecule has 0 unspecified atom stereocenters. The fraction of sp³-hybridized carbons (Fsp3) is 0.143. The van der Waals surface area contributed by atoms with E-state index < -0.39 is 5.82 Å². The Kier molecular flexibility index (Phi) is 3.97. The van der Waals surface area contributed by atoms with E-state index in [2.05, 4.69) is 22.2 Å². The van der Waals surface area contributed by atoms with E-state index in [1.807, 2.05) is 6.07 Å². The Hall–Kier alpha value is -1.43. The monoisotopic (exact) mass is 341 g/mol. The van der Waals surface area contributed by atoms with Gasteiger partial charge >= 0.3 is 0 Å². The molecule has 3 aromatic rings. The smallest absolute Gasteiger partial charge is 0.225 e. The summed E-state index contributed by atoms with van der Waals surface area (Å²) in [6, 6.07) is 6.28. The molecule has 0 bridgehead atoms. The normalized spacial score (nSPS) is 11.0. The van der Waals surface area contributed by atoms with Crippen molar-refractivity contribution in [3.8, 4) is 0 Å². The molecule has 7 heteroatoms. The lowest BCUT2D eigenvalue weighted by molar-refractivity contribution is 0.632. The number of fused-ring (bicyclic) bond motifs is 1. The van der Waals surface area contributed by atoms with Crippen LogP contribution < -0.4 is 5.32 Å². The van der Waals surface area contributed by atoms with E-state index >= 15 is 0 Å². The third-order valence-corrected chi connectivity index (χ3v) is 4.52. The van der Waals surface area contributed by atoms with Crippen molar-refractivity contribution in [2.24, 2.45) is 0 Å². The molecule has 3 rings (SSSR count). The molecule has 108 valence electrons. The highest BCUT2D eigenvalue weighted by Gasteiger charge is 2.12. The molecule has 2 aromatic heterocycles. The molecular weight excluding hydrogens is 332 g/mol. The lowest BCUT2D eigenvalue weighted by atomic mass is 10.2. The van der Waals surface area contributed by atoms with Crippen molar-refractivity contribution in [1.82, 2.24) is 9.97 Å². The number of aryl methyl sites for hydroxylation is 1. The highest BCUT2D eigenvalue weighted by Crippen LogP contribution is 2.33. The molecule has 1 N–H and O–H groups in total. The van der Waals surface area contributed by atoms with E-state index in [1.54, 1.807) is 11.3 Å². The van der Waals surface area contributed by atoms with Gasteiger partial charge in [-0.15, -0.1) is 11.3 Å². The zero-order valence-electron chi connectivity index (χ0n) is 11.0. The van der Waals surface area contributed by atoms with E-state index in [0.717, 1.165) is 21.5 Å². The van der Waals surface area contributed by atoms with Crippen LogP contribution in [0.4, 0.5) is 15.9 Å². The van der Waals surface area contributed by atoms with Crippen molar-refractivity contribution in [3.63, 3.8) is 0 Å². The van der Waals surface area contributed by atoms with Crippen molar-refractivity contribution >= 4 is 56.3 Å². The zero-order valence-corrected chi connectivity index (χ0v) is 13.3. The van der Waals surface area contributed by atoms with Crippen molar-refractivity contribution in [1.29, 1.82) is 0 Å². The maximum atomic E-state index is 13.8. The predicted molar refractivity (Wildman–Crippen MR) is 86.5 cm³/mol. The quantitative estimate of drug-likeness (QED) is 0.644.